The molecule has 5 heteroatoms. The van der Waals surface area contributed by atoms with Gasteiger partial charge in [0.25, 0.3) is 0 Å². The van der Waals surface area contributed by atoms with E-state index >= 15 is 0 Å². The first-order valence-electron chi connectivity index (χ1n) is 3.74. The Hall–Kier alpha value is -1.18. The highest BCUT2D eigenvalue weighted by molar-refractivity contribution is 9.10. The van der Waals surface area contributed by atoms with Crippen molar-refractivity contribution in [1.29, 1.82) is 5.26 Å². The van der Waals surface area contributed by atoms with Crippen molar-refractivity contribution in [3.63, 3.8) is 0 Å². The Morgan fingerprint density at radius 3 is 2.86 bits per heavy atom. The molecule has 0 spiro atoms. The zero-order chi connectivity index (χ0) is 10.1. The molecule has 68 valence electrons. The second kappa shape index (κ2) is 3.52. The van der Waals surface area contributed by atoms with Gasteiger partial charge in [-0.2, -0.15) is 5.26 Å². The van der Waals surface area contributed by atoms with Gasteiger partial charge in [-0.05, 0) is 22.0 Å². The monoisotopic (exact) mass is 267 g/mol. The van der Waals surface area contributed by atoms with E-state index in [9.17, 15) is 0 Å². The van der Waals surface area contributed by atoms with Gasteiger partial charge < -0.3 is 0 Å². The summed E-state index contributed by atoms with van der Waals surface area (Å²) < 4.78 is 0.814. The second-order valence-electron chi connectivity index (χ2n) is 2.61. The van der Waals surface area contributed by atoms with E-state index in [1.807, 2.05) is 18.2 Å². The lowest BCUT2D eigenvalue weighted by Crippen LogP contribution is -1.91. The number of rotatable bonds is 0. The largest absolute Gasteiger partial charge is 0.191 e. The zero-order valence-electron chi connectivity index (χ0n) is 6.83. The molecular formula is C9H3BrClN3. The molecule has 0 fully saturated rings. The predicted molar refractivity (Wildman–Crippen MR) is 57.0 cm³/mol. The van der Waals surface area contributed by atoms with Crippen LogP contribution in [-0.2, 0) is 0 Å². The Labute approximate surface area is 93.4 Å². The molecule has 2 aromatic rings. The van der Waals surface area contributed by atoms with Gasteiger partial charge in [-0.25, -0.2) is 0 Å². The number of halogens is 2. The molecule has 0 saturated heterocycles. The molecular weight excluding hydrogens is 265 g/mol. The number of aromatic nitrogens is 2. The molecule has 0 saturated carbocycles. The molecule has 1 aromatic heterocycles. The average molecular weight is 269 g/mol. The first kappa shape index (κ1) is 9.38. The van der Waals surface area contributed by atoms with E-state index in [1.54, 1.807) is 6.07 Å². The van der Waals surface area contributed by atoms with E-state index in [2.05, 4.69) is 26.1 Å². The SMILES string of the molecule is N#Cc1nnc2c(Br)cccc2c1Cl. The molecule has 14 heavy (non-hydrogen) atoms. The van der Waals surface area contributed by atoms with Gasteiger partial charge in [0.1, 0.15) is 11.6 Å². The number of nitrogens with zero attached hydrogens (tertiary/aromatic N) is 3. The van der Waals surface area contributed by atoms with Crippen molar-refractivity contribution in [3.05, 3.63) is 33.4 Å². The van der Waals surface area contributed by atoms with E-state index < -0.39 is 0 Å². The summed E-state index contributed by atoms with van der Waals surface area (Å²) in [6.07, 6.45) is 0. The summed E-state index contributed by atoms with van der Waals surface area (Å²) in [5.74, 6) is 0. The molecule has 0 amide bonds. The van der Waals surface area contributed by atoms with Crippen LogP contribution in [0.4, 0.5) is 0 Å². The van der Waals surface area contributed by atoms with Gasteiger partial charge in [-0.3, -0.25) is 0 Å². The van der Waals surface area contributed by atoms with Gasteiger partial charge in [0.2, 0.25) is 0 Å². The lowest BCUT2D eigenvalue weighted by atomic mass is 10.2. The zero-order valence-corrected chi connectivity index (χ0v) is 9.17. The van der Waals surface area contributed by atoms with E-state index in [0.29, 0.717) is 10.5 Å². The van der Waals surface area contributed by atoms with Crippen LogP contribution < -0.4 is 0 Å². The third kappa shape index (κ3) is 1.35. The molecule has 0 atom stereocenters. The van der Waals surface area contributed by atoms with Gasteiger partial charge in [0, 0.05) is 9.86 Å². The number of nitriles is 1. The smallest absolute Gasteiger partial charge is 0.182 e. The van der Waals surface area contributed by atoms with Crippen molar-refractivity contribution in [2.24, 2.45) is 0 Å². The Kier molecular flexibility index (Phi) is 2.36. The summed E-state index contributed by atoms with van der Waals surface area (Å²) in [5.41, 5.74) is 0.814. The van der Waals surface area contributed by atoms with Crippen LogP contribution in [0.15, 0.2) is 22.7 Å². The lowest BCUT2D eigenvalue weighted by molar-refractivity contribution is 1.05. The summed E-state index contributed by atoms with van der Waals surface area (Å²) >= 11 is 9.30. The van der Waals surface area contributed by atoms with Crippen LogP contribution in [-0.4, -0.2) is 10.2 Å². The van der Waals surface area contributed by atoms with Gasteiger partial charge in [0.15, 0.2) is 5.69 Å². The fraction of sp³-hybridized carbons (Fsp3) is 0. The summed E-state index contributed by atoms with van der Waals surface area (Å²) in [6.45, 7) is 0. The maximum Gasteiger partial charge on any atom is 0.182 e. The third-order valence-corrected chi connectivity index (χ3v) is 2.81. The maximum atomic E-state index is 8.70. The maximum absolute atomic E-state index is 8.70. The molecule has 3 nitrogen and oxygen atoms in total. The van der Waals surface area contributed by atoms with Crippen LogP contribution >= 0.6 is 27.5 Å². The first-order chi connectivity index (χ1) is 6.74. The van der Waals surface area contributed by atoms with E-state index in [1.165, 1.54) is 0 Å². The lowest BCUT2D eigenvalue weighted by Gasteiger charge is -2.01. The number of fused-ring (bicyclic) bond motifs is 1. The molecule has 0 aliphatic rings. The van der Waals surface area contributed by atoms with Crippen LogP contribution in [0.1, 0.15) is 5.69 Å². The standard InChI is InChI=1S/C9H3BrClN3/c10-6-3-1-2-5-8(11)7(4-12)13-14-9(5)6/h1-3H. The summed E-state index contributed by atoms with van der Waals surface area (Å²) in [5, 5.41) is 17.4. The summed E-state index contributed by atoms with van der Waals surface area (Å²) in [6, 6.07) is 7.37. The highest BCUT2D eigenvalue weighted by Gasteiger charge is 2.09. The minimum Gasteiger partial charge on any atom is -0.191 e. The number of hydrogen-bond donors (Lipinski definition) is 0. The van der Waals surface area contributed by atoms with Crippen molar-refractivity contribution in [2.75, 3.05) is 0 Å². The van der Waals surface area contributed by atoms with Crippen molar-refractivity contribution in [2.45, 2.75) is 0 Å². The van der Waals surface area contributed by atoms with Crippen molar-refractivity contribution in [3.8, 4) is 6.07 Å². The molecule has 1 aromatic carbocycles. The molecule has 0 aliphatic heterocycles. The van der Waals surface area contributed by atoms with Crippen LogP contribution in [0.2, 0.25) is 5.02 Å². The minimum absolute atomic E-state index is 0.150. The van der Waals surface area contributed by atoms with Crippen LogP contribution in [0.3, 0.4) is 0 Å². The highest BCUT2D eigenvalue weighted by Crippen LogP contribution is 2.28. The summed E-state index contributed by atoms with van der Waals surface area (Å²) in [7, 11) is 0. The summed E-state index contributed by atoms with van der Waals surface area (Å²) in [4.78, 5) is 0. The molecule has 0 N–H and O–H groups in total. The Morgan fingerprint density at radius 1 is 1.36 bits per heavy atom. The topological polar surface area (TPSA) is 49.6 Å². The Bertz CT molecular complexity index is 547. The first-order valence-corrected chi connectivity index (χ1v) is 4.91. The van der Waals surface area contributed by atoms with Crippen LogP contribution in [0.25, 0.3) is 10.9 Å². The van der Waals surface area contributed by atoms with Gasteiger partial charge >= 0.3 is 0 Å². The Morgan fingerprint density at radius 2 is 2.14 bits per heavy atom. The van der Waals surface area contributed by atoms with E-state index in [4.69, 9.17) is 16.9 Å². The van der Waals surface area contributed by atoms with E-state index in [-0.39, 0.29) is 5.69 Å². The van der Waals surface area contributed by atoms with Gasteiger partial charge in [-0.1, -0.05) is 23.7 Å². The molecule has 2 rings (SSSR count). The molecule has 0 unspecified atom stereocenters. The number of benzene rings is 1. The van der Waals surface area contributed by atoms with Crippen molar-refractivity contribution >= 4 is 38.4 Å². The van der Waals surface area contributed by atoms with Crippen LogP contribution in [0, 0.1) is 11.3 Å². The molecule has 0 radical (unpaired) electrons. The highest BCUT2D eigenvalue weighted by atomic mass is 79.9. The number of hydrogen-bond acceptors (Lipinski definition) is 3. The van der Waals surface area contributed by atoms with Gasteiger partial charge in [-0.15, -0.1) is 10.2 Å². The molecule has 0 aliphatic carbocycles. The quantitative estimate of drug-likeness (QED) is 0.738. The second-order valence-corrected chi connectivity index (χ2v) is 3.84. The molecule has 1 heterocycles. The van der Waals surface area contributed by atoms with Crippen LogP contribution in [0.5, 0.6) is 0 Å². The predicted octanol–water partition coefficient (Wildman–Crippen LogP) is 2.92. The normalized spacial score (nSPS) is 10.1. The van der Waals surface area contributed by atoms with Crippen molar-refractivity contribution < 1.29 is 0 Å². The third-order valence-electron chi connectivity index (χ3n) is 1.79. The molecule has 0 bridgehead atoms. The van der Waals surface area contributed by atoms with Gasteiger partial charge in [0.05, 0.1) is 5.02 Å². The fourth-order valence-electron chi connectivity index (χ4n) is 1.14. The minimum atomic E-state index is 0.150. The Balaban J connectivity index is 2.92. The average Bonchev–Trinajstić information content (AvgIpc) is 2.20. The fourth-order valence-corrected chi connectivity index (χ4v) is 1.82. The van der Waals surface area contributed by atoms with Crippen molar-refractivity contribution in [1.82, 2.24) is 10.2 Å². The van der Waals surface area contributed by atoms with E-state index in [0.717, 1.165) is 9.86 Å².